The molecule has 0 saturated heterocycles. The quantitative estimate of drug-likeness (QED) is 0.250. The van der Waals surface area contributed by atoms with Crippen LogP contribution < -0.4 is 0 Å². The van der Waals surface area contributed by atoms with Crippen LogP contribution in [0.1, 0.15) is 41.5 Å². The molecule has 176 valence electrons. The first kappa shape index (κ1) is 28.7. The van der Waals surface area contributed by atoms with E-state index >= 15 is 0 Å². The Morgan fingerprint density at radius 1 is 0.586 bits per heavy atom. The van der Waals surface area contributed by atoms with Gasteiger partial charge in [-0.1, -0.05) is 27.7 Å². The first-order valence-corrected chi connectivity index (χ1v) is 10.9. The third-order valence-corrected chi connectivity index (χ3v) is 5.10. The van der Waals surface area contributed by atoms with Crippen molar-refractivity contribution in [3.63, 3.8) is 0 Å². The van der Waals surface area contributed by atoms with Crippen molar-refractivity contribution in [2.45, 2.75) is 53.1 Å². The lowest BCUT2D eigenvalue weighted by Crippen LogP contribution is -2.51. The van der Waals surface area contributed by atoms with Crippen molar-refractivity contribution in [1.82, 2.24) is 9.80 Å². The summed E-state index contributed by atoms with van der Waals surface area (Å²) in [4.78, 5) is 4.19. The molecule has 0 fully saturated rings. The Morgan fingerprint density at radius 3 is 1.21 bits per heavy atom. The molecule has 0 spiro atoms. The van der Waals surface area contributed by atoms with Crippen molar-refractivity contribution in [2.24, 2.45) is 11.8 Å². The van der Waals surface area contributed by atoms with Gasteiger partial charge in [-0.05, 0) is 42.0 Å². The fraction of sp³-hybridized carbons (Fsp3) is 1.00. The van der Waals surface area contributed by atoms with Crippen molar-refractivity contribution in [3.8, 4) is 0 Å². The number of rotatable bonds is 18. The molecular weight excluding hydrogens is 372 g/mol. The van der Waals surface area contributed by atoms with Crippen LogP contribution in [0.5, 0.6) is 0 Å². The van der Waals surface area contributed by atoms with Crippen LogP contribution in [0.2, 0.25) is 0 Å². The van der Waals surface area contributed by atoms with E-state index in [1.165, 1.54) is 0 Å². The van der Waals surface area contributed by atoms with E-state index in [9.17, 15) is 0 Å². The zero-order valence-corrected chi connectivity index (χ0v) is 20.7. The molecular formula is C22H48N2O5. The molecule has 0 amide bonds. The first-order valence-electron chi connectivity index (χ1n) is 10.9. The van der Waals surface area contributed by atoms with Crippen molar-refractivity contribution in [3.05, 3.63) is 0 Å². The molecule has 0 heterocycles. The summed E-state index contributed by atoms with van der Waals surface area (Å²) in [6.45, 7) is 17.6. The van der Waals surface area contributed by atoms with Gasteiger partial charge in [0.25, 0.3) is 0 Å². The maximum absolute atomic E-state index is 6.47. The van der Waals surface area contributed by atoms with Crippen LogP contribution in [0.25, 0.3) is 0 Å². The maximum atomic E-state index is 6.47. The molecule has 0 radical (unpaired) electrons. The van der Waals surface area contributed by atoms with Crippen LogP contribution in [0.3, 0.4) is 0 Å². The summed E-state index contributed by atoms with van der Waals surface area (Å²) in [5.41, 5.74) is 0. The van der Waals surface area contributed by atoms with Gasteiger partial charge >= 0.3 is 0 Å². The van der Waals surface area contributed by atoms with Gasteiger partial charge in [0.05, 0.1) is 39.6 Å². The molecule has 0 aromatic rings. The van der Waals surface area contributed by atoms with Gasteiger partial charge in [-0.25, -0.2) is 0 Å². The standard InChI is InChI=1S/C22H48N2O5/c1-19(2)21(5,27-17-15-25-13-11-23(7)8)29-22(6,20(3)4)28-18-16-26-14-12-24(9)10/h19-20H,11-18H2,1-10H3. The Hall–Kier alpha value is -0.280. The first-order chi connectivity index (χ1) is 13.4. The van der Waals surface area contributed by atoms with Gasteiger partial charge in [0.15, 0.2) is 11.6 Å². The highest BCUT2D eigenvalue weighted by Crippen LogP contribution is 2.34. The molecule has 29 heavy (non-hydrogen) atoms. The zero-order valence-electron chi connectivity index (χ0n) is 20.7. The Labute approximate surface area is 179 Å². The molecule has 7 heteroatoms. The Morgan fingerprint density at radius 2 is 0.931 bits per heavy atom. The lowest BCUT2D eigenvalue weighted by molar-refractivity contribution is -0.375. The average molecular weight is 421 g/mol. The molecule has 0 aliphatic rings. The SMILES string of the molecule is CC(C)C(C)(OCCOCCN(C)C)OC(C)(OCCOCCN(C)C)C(C)C. The minimum Gasteiger partial charge on any atom is -0.378 e. The largest absolute Gasteiger partial charge is 0.378 e. The number of hydrogen-bond acceptors (Lipinski definition) is 7. The van der Waals surface area contributed by atoms with Gasteiger partial charge in [-0.15, -0.1) is 0 Å². The van der Waals surface area contributed by atoms with Gasteiger partial charge in [0.2, 0.25) is 0 Å². The molecule has 0 saturated carbocycles. The second-order valence-corrected chi connectivity index (χ2v) is 8.97. The number of likely N-dealkylation sites (N-methyl/N-ethyl adjacent to an activating group) is 2. The Kier molecular flexibility index (Phi) is 14.5. The Bertz CT molecular complexity index is 371. The average Bonchev–Trinajstić information content (AvgIpc) is 2.60. The molecule has 0 aromatic heterocycles. The van der Waals surface area contributed by atoms with Gasteiger partial charge in [-0.3, -0.25) is 0 Å². The van der Waals surface area contributed by atoms with E-state index in [1.54, 1.807) is 0 Å². The fourth-order valence-electron chi connectivity index (χ4n) is 2.34. The van der Waals surface area contributed by atoms with Crippen LogP contribution in [-0.2, 0) is 23.7 Å². The van der Waals surface area contributed by atoms with E-state index in [4.69, 9.17) is 23.7 Å². The minimum absolute atomic E-state index is 0.155. The maximum Gasteiger partial charge on any atom is 0.171 e. The van der Waals surface area contributed by atoms with Crippen LogP contribution >= 0.6 is 0 Å². The zero-order chi connectivity index (χ0) is 22.5. The van der Waals surface area contributed by atoms with E-state index in [0.29, 0.717) is 39.6 Å². The lowest BCUT2D eigenvalue weighted by atomic mass is 10.0. The van der Waals surface area contributed by atoms with E-state index in [-0.39, 0.29) is 11.8 Å². The lowest BCUT2D eigenvalue weighted by Gasteiger charge is -2.44. The normalized spacial score (nSPS) is 16.8. The summed E-state index contributed by atoms with van der Waals surface area (Å²) >= 11 is 0. The van der Waals surface area contributed by atoms with Crippen molar-refractivity contribution < 1.29 is 23.7 Å². The minimum atomic E-state index is -0.768. The number of hydrogen-bond donors (Lipinski definition) is 0. The summed E-state index contributed by atoms with van der Waals surface area (Å²) in [6, 6.07) is 0. The summed E-state index contributed by atoms with van der Waals surface area (Å²) < 4.78 is 30.0. The van der Waals surface area contributed by atoms with Gasteiger partial charge < -0.3 is 33.5 Å². The van der Waals surface area contributed by atoms with Gasteiger partial charge in [0, 0.05) is 24.9 Å². The highest BCUT2D eigenvalue weighted by atomic mass is 16.8. The molecule has 0 aliphatic carbocycles. The summed E-state index contributed by atoms with van der Waals surface area (Å²) in [5.74, 6) is -1.23. The van der Waals surface area contributed by atoms with Crippen LogP contribution in [-0.4, -0.2) is 102 Å². The molecule has 0 N–H and O–H groups in total. The highest BCUT2D eigenvalue weighted by Gasteiger charge is 2.42. The fourth-order valence-corrected chi connectivity index (χ4v) is 2.34. The second-order valence-electron chi connectivity index (χ2n) is 8.97. The van der Waals surface area contributed by atoms with Crippen molar-refractivity contribution in [2.75, 3.05) is 80.9 Å². The number of ether oxygens (including phenoxy) is 5. The predicted molar refractivity (Wildman–Crippen MR) is 118 cm³/mol. The smallest absolute Gasteiger partial charge is 0.171 e. The third-order valence-electron chi connectivity index (χ3n) is 5.10. The monoisotopic (exact) mass is 420 g/mol. The molecule has 2 unspecified atom stereocenters. The van der Waals surface area contributed by atoms with E-state index in [2.05, 4.69) is 37.5 Å². The van der Waals surface area contributed by atoms with E-state index in [1.807, 2.05) is 42.0 Å². The predicted octanol–water partition coefficient (Wildman–Crippen LogP) is 2.94. The third kappa shape index (κ3) is 12.9. The number of nitrogens with zero attached hydrogens (tertiary/aromatic N) is 2. The van der Waals surface area contributed by atoms with Crippen LogP contribution in [0, 0.1) is 11.8 Å². The molecule has 0 bridgehead atoms. The molecule has 0 aliphatic heterocycles. The summed E-state index contributed by atoms with van der Waals surface area (Å²) in [7, 11) is 8.13. The van der Waals surface area contributed by atoms with Crippen LogP contribution in [0.15, 0.2) is 0 Å². The van der Waals surface area contributed by atoms with Crippen molar-refractivity contribution >= 4 is 0 Å². The molecule has 0 rings (SSSR count). The van der Waals surface area contributed by atoms with E-state index in [0.717, 1.165) is 13.1 Å². The molecule has 2 atom stereocenters. The van der Waals surface area contributed by atoms with E-state index < -0.39 is 11.6 Å². The van der Waals surface area contributed by atoms with Crippen molar-refractivity contribution in [1.29, 1.82) is 0 Å². The summed E-state index contributed by atoms with van der Waals surface area (Å²) in [6.07, 6.45) is 0. The van der Waals surface area contributed by atoms with Gasteiger partial charge in [0.1, 0.15) is 0 Å². The highest BCUT2D eigenvalue weighted by molar-refractivity contribution is 4.77. The Balaban J connectivity index is 4.59. The molecule has 7 nitrogen and oxygen atoms in total. The van der Waals surface area contributed by atoms with Gasteiger partial charge in [-0.2, -0.15) is 0 Å². The topological polar surface area (TPSA) is 52.6 Å². The molecule has 0 aromatic carbocycles. The summed E-state index contributed by atoms with van der Waals surface area (Å²) in [5, 5.41) is 0. The van der Waals surface area contributed by atoms with Crippen LogP contribution in [0.4, 0.5) is 0 Å². The second kappa shape index (κ2) is 14.7.